The van der Waals surface area contributed by atoms with Gasteiger partial charge in [-0.3, -0.25) is 0 Å². The third-order valence-corrected chi connectivity index (χ3v) is 7.22. The van der Waals surface area contributed by atoms with E-state index in [-0.39, 0.29) is 43.8 Å². The van der Waals surface area contributed by atoms with Gasteiger partial charge in [-0.05, 0) is 67.7 Å². The minimum Gasteiger partial charge on any atom is -0.464 e. The molecule has 0 aliphatic heterocycles. The summed E-state index contributed by atoms with van der Waals surface area (Å²) in [5.74, 6) is 0. The van der Waals surface area contributed by atoms with Crippen molar-refractivity contribution in [2.24, 2.45) is 0 Å². The largest absolute Gasteiger partial charge is 0.464 e. The summed E-state index contributed by atoms with van der Waals surface area (Å²) in [5.41, 5.74) is 0.417. The maximum absolute atomic E-state index is 9.39. The first kappa shape index (κ1) is 11.8. The standard InChI is InChI=1S/C38H22O2/c1-2-9-25-22-26(17-16-23(25)8-1)34-27-10-3-5-12-29(27)35(30-13-6-4-11-28(30)34)31-14-7-15-32-36-33(40-38(31)32)19-18-24-20-21-39-37(24)36/h1-22H/i1D,2D,3D,4D,5D,6D,8D,9D,10D,11D,12D,13D,16D,17D,22D. The second-order valence-corrected chi connectivity index (χ2v) is 9.31. The van der Waals surface area contributed by atoms with Crippen LogP contribution in [0.4, 0.5) is 0 Å². The number of fused-ring (bicyclic) bond motifs is 8. The molecule has 2 aromatic heterocycles. The monoisotopic (exact) mass is 525 g/mol. The first-order chi connectivity index (χ1) is 26.1. The topological polar surface area (TPSA) is 26.3 Å². The Bertz CT molecular complexity index is 3190. The van der Waals surface area contributed by atoms with Crippen LogP contribution in [0.5, 0.6) is 0 Å². The van der Waals surface area contributed by atoms with E-state index in [0.717, 1.165) is 5.39 Å². The van der Waals surface area contributed by atoms with Crippen molar-refractivity contribution in [3.8, 4) is 22.3 Å². The van der Waals surface area contributed by atoms with Gasteiger partial charge in [0.25, 0.3) is 0 Å². The Kier molecular flexibility index (Phi) is 2.39. The second kappa shape index (κ2) is 8.08. The van der Waals surface area contributed by atoms with Crippen LogP contribution in [0.1, 0.15) is 20.6 Å². The van der Waals surface area contributed by atoms with E-state index >= 15 is 0 Å². The summed E-state index contributed by atoms with van der Waals surface area (Å²) in [7, 11) is 0. The number of hydrogen-bond donors (Lipinski definition) is 0. The molecule has 2 nitrogen and oxygen atoms in total. The molecule has 0 N–H and O–H groups in total. The first-order valence-corrected chi connectivity index (χ1v) is 12.4. The lowest BCUT2D eigenvalue weighted by Crippen LogP contribution is -1.91. The lowest BCUT2D eigenvalue weighted by atomic mass is 9.85. The van der Waals surface area contributed by atoms with Gasteiger partial charge >= 0.3 is 0 Å². The predicted molar refractivity (Wildman–Crippen MR) is 167 cm³/mol. The fourth-order valence-corrected chi connectivity index (χ4v) is 5.56. The summed E-state index contributed by atoms with van der Waals surface area (Å²) >= 11 is 0. The van der Waals surface area contributed by atoms with Gasteiger partial charge in [-0.15, -0.1) is 0 Å². The molecular weight excluding hydrogens is 488 g/mol. The third-order valence-electron chi connectivity index (χ3n) is 7.22. The van der Waals surface area contributed by atoms with Gasteiger partial charge < -0.3 is 8.83 Å². The zero-order valence-corrected chi connectivity index (χ0v) is 20.4. The van der Waals surface area contributed by atoms with Crippen molar-refractivity contribution in [3.05, 3.63) is 133 Å². The van der Waals surface area contributed by atoms with E-state index in [1.165, 1.54) is 6.26 Å². The first-order valence-electron chi connectivity index (χ1n) is 19.9. The molecule has 0 saturated carbocycles. The summed E-state index contributed by atoms with van der Waals surface area (Å²) in [6.45, 7) is 0. The quantitative estimate of drug-likeness (QED) is 0.210. The van der Waals surface area contributed by atoms with Gasteiger partial charge in [0, 0.05) is 21.9 Å². The van der Waals surface area contributed by atoms with Gasteiger partial charge in [-0.2, -0.15) is 0 Å². The Balaban J connectivity index is 1.61. The third kappa shape index (κ3) is 2.93. The number of rotatable bonds is 2. The minimum absolute atomic E-state index is 0.0417. The normalized spacial score (nSPS) is 17.2. The van der Waals surface area contributed by atoms with Crippen molar-refractivity contribution in [2.75, 3.05) is 0 Å². The summed E-state index contributed by atoms with van der Waals surface area (Å²) in [6.07, 6.45) is 1.53. The predicted octanol–water partition coefficient (Wildman–Crippen LogP) is 11.1. The second-order valence-electron chi connectivity index (χ2n) is 9.31. The van der Waals surface area contributed by atoms with Crippen LogP contribution in [-0.4, -0.2) is 0 Å². The van der Waals surface area contributed by atoms with Gasteiger partial charge in [0.05, 0.1) is 32.2 Å². The van der Waals surface area contributed by atoms with Crippen molar-refractivity contribution in [3.63, 3.8) is 0 Å². The van der Waals surface area contributed by atoms with Gasteiger partial charge in [0.15, 0.2) is 0 Å². The molecule has 2 heteroatoms. The Morgan fingerprint density at radius 3 is 2.00 bits per heavy atom. The molecule has 0 amide bonds. The van der Waals surface area contributed by atoms with Gasteiger partial charge in [0.2, 0.25) is 0 Å². The number of benzene rings is 7. The van der Waals surface area contributed by atoms with Crippen LogP contribution < -0.4 is 0 Å². The van der Waals surface area contributed by atoms with E-state index in [9.17, 15) is 8.22 Å². The molecule has 0 atom stereocenters. The highest BCUT2D eigenvalue weighted by Crippen LogP contribution is 2.47. The number of hydrogen-bond acceptors (Lipinski definition) is 2. The van der Waals surface area contributed by atoms with Crippen LogP contribution in [-0.2, 0) is 0 Å². The zero-order valence-electron chi connectivity index (χ0n) is 35.4. The van der Waals surface area contributed by atoms with Gasteiger partial charge in [0.1, 0.15) is 16.7 Å². The molecule has 0 spiro atoms. The van der Waals surface area contributed by atoms with E-state index < -0.39 is 107 Å². The molecule has 0 bridgehead atoms. The van der Waals surface area contributed by atoms with Crippen LogP contribution in [0.3, 0.4) is 0 Å². The van der Waals surface area contributed by atoms with Crippen molar-refractivity contribution >= 4 is 65.2 Å². The molecule has 40 heavy (non-hydrogen) atoms. The maximum Gasteiger partial charge on any atom is 0.145 e. The maximum atomic E-state index is 9.39. The lowest BCUT2D eigenvalue weighted by Gasteiger charge is -2.18. The van der Waals surface area contributed by atoms with Crippen molar-refractivity contribution < 1.29 is 29.4 Å². The summed E-state index contributed by atoms with van der Waals surface area (Å²) in [5, 5.41) is -0.0329. The average molecular weight is 526 g/mol. The molecule has 0 aliphatic rings. The molecule has 7 aromatic carbocycles. The molecule has 0 fully saturated rings. The van der Waals surface area contributed by atoms with Gasteiger partial charge in [-0.25, -0.2) is 0 Å². The molecule has 0 radical (unpaired) electrons. The van der Waals surface area contributed by atoms with Crippen LogP contribution in [0, 0.1) is 0 Å². The summed E-state index contributed by atoms with van der Waals surface area (Å²) in [6, 6.07) is 0.117. The van der Waals surface area contributed by atoms with E-state index in [1.807, 2.05) is 0 Å². The molecular formula is C38H22O2. The van der Waals surface area contributed by atoms with Gasteiger partial charge in [-0.1, -0.05) is 103 Å². The molecule has 0 aliphatic carbocycles. The lowest BCUT2D eigenvalue weighted by molar-refractivity contribution is 0.618. The Hall–Kier alpha value is -5.34. The Morgan fingerprint density at radius 1 is 0.525 bits per heavy atom. The van der Waals surface area contributed by atoms with Crippen molar-refractivity contribution in [1.29, 1.82) is 0 Å². The smallest absolute Gasteiger partial charge is 0.145 e. The van der Waals surface area contributed by atoms with Crippen LogP contribution in [0.25, 0.3) is 87.5 Å². The van der Waals surface area contributed by atoms with Crippen LogP contribution >= 0.6 is 0 Å². The number of para-hydroxylation sites is 1. The fraction of sp³-hybridized carbons (Fsp3) is 0. The Morgan fingerprint density at radius 2 is 1.23 bits per heavy atom. The highest BCUT2D eigenvalue weighted by atomic mass is 16.3. The number of furan rings is 2. The average Bonchev–Trinajstić information content (AvgIpc) is 3.81. The van der Waals surface area contributed by atoms with Crippen LogP contribution in [0.2, 0.25) is 0 Å². The zero-order chi connectivity index (χ0) is 39.3. The molecule has 186 valence electrons. The molecule has 0 unspecified atom stereocenters. The molecule has 0 saturated heterocycles. The SMILES string of the molecule is [2H]c1c([2H])c([2H])c2c([2H])c(-c3c4c([2H])c([2H])c([2H])c([2H])c4c(-c4cccc5c4oc4ccc6ccoc6c45)c4c([2H])c([2H])c([2H])c([2H])c34)c([2H])c([2H])c2c1[2H]. The van der Waals surface area contributed by atoms with E-state index in [2.05, 4.69) is 0 Å². The fourth-order valence-electron chi connectivity index (χ4n) is 5.56. The summed E-state index contributed by atoms with van der Waals surface area (Å²) in [4.78, 5) is 0. The van der Waals surface area contributed by atoms with Crippen LogP contribution in [0.15, 0.2) is 142 Å². The summed E-state index contributed by atoms with van der Waals surface area (Å²) < 4.78 is 146. The highest BCUT2D eigenvalue weighted by Gasteiger charge is 2.21. The Labute approximate surface area is 250 Å². The van der Waals surface area contributed by atoms with E-state index in [1.54, 1.807) is 36.4 Å². The van der Waals surface area contributed by atoms with E-state index in [0.29, 0.717) is 21.9 Å². The molecule has 2 heterocycles. The molecule has 9 aromatic rings. The van der Waals surface area contributed by atoms with Crippen molar-refractivity contribution in [1.82, 2.24) is 0 Å². The molecule has 9 rings (SSSR count). The highest BCUT2D eigenvalue weighted by molar-refractivity contribution is 6.25. The minimum atomic E-state index is -0.750. The van der Waals surface area contributed by atoms with E-state index in [4.69, 9.17) is 21.2 Å². The van der Waals surface area contributed by atoms with Crippen molar-refractivity contribution in [2.45, 2.75) is 0 Å².